The van der Waals surface area contributed by atoms with Crippen LogP contribution in [0.5, 0.6) is 0 Å². The van der Waals surface area contributed by atoms with E-state index < -0.39 is 35.9 Å². The molecule has 0 N–H and O–H groups in total. The average Bonchev–Trinajstić information content (AvgIpc) is 3.23. The van der Waals surface area contributed by atoms with Crippen molar-refractivity contribution in [3.63, 3.8) is 0 Å². The van der Waals surface area contributed by atoms with Crippen LogP contribution in [0.4, 0.5) is 0 Å². The van der Waals surface area contributed by atoms with Crippen LogP contribution in [0.1, 0.15) is 283 Å². The fraction of sp³-hybridized carbons (Fsp3) is 0.943. The fourth-order valence-corrected chi connectivity index (χ4v) is 17.1. The zero-order chi connectivity index (χ0) is 45.5. The Morgan fingerprint density at radius 2 is 0.650 bits per heavy atom. The first-order valence-electron chi connectivity index (χ1n) is 26.3. The van der Waals surface area contributed by atoms with E-state index in [1.165, 1.54) is 6.42 Å². The molecule has 6 nitrogen and oxygen atoms in total. The van der Waals surface area contributed by atoms with Gasteiger partial charge in [-0.1, -0.05) is 0 Å². The number of hydrogen-bond donors (Lipinski definition) is 0. The minimum absolute atomic E-state index is 0.303. The molecule has 0 fully saturated rings. The van der Waals surface area contributed by atoms with E-state index in [1.807, 2.05) is 0 Å². The van der Waals surface area contributed by atoms with Crippen molar-refractivity contribution in [3.05, 3.63) is 0 Å². The molecule has 0 aromatic heterocycles. The minimum atomic E-state index is -5.42. The van der Waals surface area contributed by atoms with Crippen LogP contribution in [0.2, 0.25) is 4.44 Å². The summed E-state index contributed by atoms with van der Waals surface area (Å²) in [5, 5.41) is 0. The number of unbranched alkanes of at least 4 members (excludes halogenated alkanes) is 11. The van der Waals surface area contributed by atoms with Crippen LogP contribution < -0.4 is 0 Å². The summed E-state index contributed by atoms with van der Waals surface area (Å²) < 4.78 is 21.3. The maximum atomic E-state index is 15.2. The van der Waals surface area contributed by atoms with Gasteiger partial charge in [0, 0.05) is 0 Å². The van der Waals surface area contributed by atoms with Crippen molar-refractivity contribution in [3.8, 4) is 0 Å². The summed E-state index contributed by atoms with van der Waals surface area (Å²) >= 11 is -5.42. The van der Waals surface area contributed by atoms with Gasteiger partial charge in [-0.05, 0) is 0 Å². The molecule has 0 aliphatic rings. The molecule has 0 aromatic rings. The van der Waals surface area contributed by atoms with Crippen LogP contribution in [-0.4, -0.2) is 37.5 Å². The van der Waals surface area contributed by atoms with E-state index in [1.54, 1.807) is 0 Å². The molecule has 0 spiro atoms. The summed E-state index contributed by atoms with van der Waals surface area (Å²) in [4.78, 5) is 45.7. The second-order valence-corrected chi connectivity index (χ2v) is 27.3. The summed E-state index contributed by atoms with van der Waals surface area (Å²) in [6, 6.07) is 0. The monoisotopic (exact) mass is 957 g/mol. The fourth-order valence-electron chi connectivity index (χ4n) is 9.44. The number of hydrogen-bond acceptors (Lipinski definition) is 6. The third kappa shape index (κ3) is 22.7. The van der Waals surface area contributed by atoms with Gasteiger partial charge in [-0.25, -0.2) is 0 Å². The van der Waals surface area contributed by atoms with Crippen molar-refractivity contribution in [2.75, 3.05) is 0 Å². The maximum absolute atomic E-state index is 15.2. The Bertz CT molecular complexity index is 989. The molecule has 6 unspecified atom stereocenters. The molecule has 0 amide bonds. The number of rotatable bonds is 40. The molecule has 356 valence electrons. The first-order chi connectivity index (χ1) is 28.6. The van der Waals surface area contributed by atoms with Crippen LogP contribution in [0, 0.1) is 34.0 Å². The summed E-state index contributed by atoms with van der Waals surface area (Å²) in [6.07, 6.45) is 29.2. The summed E-state index contributed by atoms with van der Waals surface area (Å²) in [6.45, 7) is 28.4. The Morgan fingerprint density at radius 1 is 0.383 bits per heavy atom. The molecule has 0 bridgehead atoms. The van der Waals surface area contributed by atoms with Crippen molar-refractivity contribution < 1.29 is 23.6 Å². The van der Waals surface area contributed by atoms with Gasteiger partial charge in [0.2, 0.25) is 0 Å². The Labute approximate surface area is 380 Å². The van der Waals surface area contributed by atoms with Crippen LogP contribution in [0.15, 0.2) is 0 Å². The number of carbonyl (C=O) groups excluding carboxylic acids is 3. The third-order valence-electron chi connectivity index (χ3n) is 14.2. The van der Waals surface area contributed by atoms with Crippen molar-refractivity contribution >= 4 is 37.5 Å². The van der Waals surface area contributed by atoms with Crippen molar-refractivity contribution in [2.45, 2.75) is 287 Å². The standard InChI is InChI=1S/3C15H30O2.C8H17.Sn/c3*1-5-8-10-13(7-3)12-15(4,14(16)17)11-9-6-2;1-3-5-7-8-6-4-2;/h3*13H,5-12H2,1-4H3,(H,16,17);1,3-8H2,2H3;/q;;;;+3/p-3. The van der Waals surface area contributed by atoms with Gasteiger partial charge in [-0.2, -0.15) is 0 Å². The van der Waals surface area contributed by atoms with Gasteiger partial charge in [0.25, 0.3) is 0 Å². The number of carbonyl (C=O) groups is 3. The molecule has 0 rings (SSSR count). The Kier molecular flexibility index (Phi) is 33.2. The third-order valence-corrected chi connectivity index (χ3v) is 21.2. The van der Waals surface area contributed by atoms with E-state index in [2.05, 4.69) is 90.0 Å². The molecule has 0 saturated heterocycles. The molecule has 0 aliphatic carbocycles. The van der Waals surface area contributed by atoms with Crippen LogP contribution in [0.25, 0.3) is 0 Å². The molecule has 0 aliphatic heterocycles. The first-order valence-corrected chi connectivity index (χ1v) is 31.8. The van der Waals surface area contributed by atoms with E-state index in [0.717, 1.165) is 161 Å². The predicted molar refractivity (Wildman–Crippen MR) is 259 cm³/mol. The van der Waals surface area contributed by atoms with Crippen LogP contribution in [-0.2, 0) is 23.6 Å². The Hall–Kier alpha value is -0.791. The van der Waals surface area contributed by atoms with Gasteiger partial charge < -0.3 is 0 Å². The Balaban J connectivity index is 7.75. The molecule has 6 atom stereocenters. The van der Waals surface area contributed by atoms with Crippen molar-refractivity contribution in [2.24, 2.45) is 34.0 Å². The van der Waals surface area contributed by atoms with Crippen molar-refractivity contribution in [1.82, 2.24) is 0 Å². The normalized spacial score (nSPS) is 17.4. The zero-order valence-corrected chi connectivity index (χ0v) is 45.5. The predicted octanol–water partition coefficient (Wildman–Crippen LogP) is 17.3. The van der Waals surface area contributed by atoms with E-state index in [0.29, 0.717) is 47.9 Å². The quantitative estimate of drug-likeness (QED) is 0.0450. The molecule has 60 heavy (non-hydrogen) atoms. The molecule has 7 heteroatoms. The van der Waals surface area contributed by atoms with Gasteiger partial charge in [0.1, 0.15) is 0 Å². The average molecular weight is 956 g/mol. The molecular weight excluding hydrogens is 851 g/mol. The van der Waals surface area contributed by atoms with Gasteiger partial charge in [0.05, 0.1) is 0 Å². The first kappa shape index (κ1) is 59.2. The van der Waals surface area contributed by atoms with Crippen molar-refractivity contribution in [1.29, 1.82) is 0 Å². The molecule has 0 radical (unpaired) electrons. The van der Waals surface area contributed by atoms with Gasteiger partial charge in [0.15, 0.2) is 0 Å². The summed E-state index contributed by atoms with van der Waals surface area (Å²) in [5.74, 6) is 0.272. The molecule has 0 aromatic carbocycles. The van der Waals surface area contributed by atoms with Gasteiger partial charge in [-0.3, -0.25) is 0 Å². The van der Waals surface area contributed by atoms with Gasteiger partial charge in [-0.15, -0.1) is 0 Å². The van der Waals surface area contributed by atoms with E-state index in [9.17, 15) is 0 Å². The topological polar surface area (TPSA) is 78.9 Å². The molecule has 0 saturated carbocycles. The summed E-state index contributed by atoms with van der Waals surface area (Å²) in [7, 11) is 0. The van der Waals surface area contributed by atoms with Crippen LogP contribution in [0.3, 0.4) is 0 Å². The van der Waals surface area contributed by atoms with Gasteiger partial charge >= 0.3 is 382 Å². The van der Waals surface area contributed by atoms with E-state index in [-0.39, 0.29) is 17.9 Å². The second kappa shape index (κ2) is 33.7. The zero-order valence-electron chi connectivity index (χ0n) is 42.6. The SMILES string of the molecule is CCCCCCC[CH2][Sn]([O]C(=O)C(C)(CCCC)CC(CC)CCCC)([O]C(=O)C(C)(CCCC)CC(CC)CCCC)[O]C(=O)C(C)(CCCC)CC(CC)CCCC. The molecular formula is C53H104O6Sn. The molecule has 0 heterocycles. The van der Waals surface area contributed by atoms with E-state index >= 15 is 14.4 Å². The second-order valence-electron chi connectivity index (χ2n) is 20.2. The van der Waals surface area contributed by atoms with Crippen LogP contribution >= 0.6 is 0 Å². The Morgan fingerprint density at radius 3 is 0.917 bits per heavy atom. The van der Waals surface area contributed by atoms with E-state index in [4.69, 9.17) is 9.22 Å². The summed E-state index contributed by atoms with van der Waals surface area (Å²) in [5.41, 5.74) is -2.28.